The Bertz CT molecular complexity index is 679. The highest BCUT2D eigenvalue weighted by Gasteiger charge is 2.16. The minimum Gasteiger partial charge on any atom is -0.356 e. The molecule has 1 fully saturated rings. The second kappa shape index (κ2) is 6.13. The molecule has 1 aliphatic heterocycles. The molecule has 0 bridgehead atoms. The number of pyridine rings is 1. The van der Waals surface area contributed by atoms with E-state index in [0.717, 1.165) is 30.8 Å². The van der Waals surface area contributed by atoms with Crippen LogP contribution in [-0.2, 0) is 6.42 Å². The van der Waals surface area contributed by atoms with Gasteiger partial charge >= 0.3 is 0 Å². The highest BCUT2D eigenvalue weighted by Crippen LogP contribution is 2.27. The summed E-state index contributed by atoms with van der Waals surface area (Å²) in [4.78, 5) is 7.33. The first kappa shape index (κ1) is 13.9. The van der Waals surface area contributed by atoms with Crippen LogP contribution in [0, 0.1) is 18.3 Å². The molecule has 0 amide bonds. The largest absolute Gasteiger partial charge is 0.356 e. The fraction of sp³-hybridized carbons (Fsp3) is 0.444. The molecular weight excluding hydrogens is 258 g/mol. The molecule has 1 aliphatic rings. The number of rotatable bonds is 3. The van der Waals surface area contributed by atoms with Crippen molar-refractivity contribution >= 4 is 16.7 Å². The Hall–Kier alpha value is -2.08. The Morgan fingerprint density at radius 3 is 2.76 bits per heavy atom. The van der Waals surface area contributed by atoms with E-state index in [2.05, 4.69) is 42.2 Å². The molecule has 0 aliphatic carbocycles. The van der Waals surface area contributed by atoms with Crippen LogP contribution in [0.25, 0.3) is 10.9 Å². The van der Waals surface area contributed by atoms with Crippen LogP contribution in [0.4, 0.5) is 5.82 Å². The lowest BCUT2D eigenvalue weighted by molar-refractivity contribution is 0.572. The maximum Gasteiger partial charge on any atom is 0.132 e. The van der Waals surface area contributed by atoms with E-state index in [4.69, 9.17) is 10.2 Å². The van der Waals surface area contributed by atoms with E-state index in [9.17, 15) is 0 Å². The molecule has 108 valence electrons. The fourth-order valence-corrected chi connectivity index (χ4v) is 3.06. The van der Waals surface area contributed by atoms with Crippen LogP contribution in [0.5, 0.6) is 0 Å². The van der Waals surface area contributed by atoms with E-state index in [1.807, 2.05) is 0 Å². The predicted molar refractivity (Wildman–Crippen MR) is 86.5 cm³/mol. The van der Waals surface area contributed by atoms with Gasteiger partial charge in [-0.05, 0) is 55.9 Å². The van der Waals surface area contributed by atoms with E-state index in [1.165, 1.54) is 35.8 Å². The van der Waals surface area contributed by atoms with Crippen LogP contribution in [0.15, 0.2) is 24.3 Å². The lowest BCUT2D eigenvalue weighted by Crippen LogP contribution is -2.31. The minimum absolute atomic E-state index is 0.555. The summed E-state index contributed by atoms with van der Waals surface area (Å²) >= 11 is 0. The van der Waals surface area contributed by atoms with Crippen molar-refractivity contribution in [1.29, 1.82) is 5.26 Å². The molecule has 0 unspecified atom stereocenters. The zero-order valence-corrected chi connectivity index (χ0v) is 12.6. The normalized spacial score (nSPS) is 15.1. The molecule has 21 heavy (non-hydrogen) atoms. The topological polar surface area (TPSA) is 39.9 Å². The van der Waals surface area contributed by atoms with Crippen molar-refractivity contribution in [2.45, 2.75) is 39.0 Å². The van der Waals surface area contributed by atoms with Gasteiger partial charge in [-0.15, -0.1) is 0 Å². The predicted octanol–water partition coefficient (Wildman–Crippen LogP) is 3.99. The van der Waals surface area contributed by atoms with Gasteiger partial charge < -0.3 is 4.90 Å². The van der Waals surface area contributed by atoms with Gasteiger partial charge in [0.1, 0.15) is 5.82 Å². The van der Waals surface area contributed by atoms with Gasteiger partial charge in [0.15, 0.2) is 0 Å². The zero-order chi connectivity index (χ0) is 14.7. The summed E-state index contributed by atoms with van der Waals surface area (Å²) in [6.45, 7) is 4.28. The molecule has 3 heteroatoms. The number of aryl methyl sites for hydroxylation is 2. The van der Waals surface area contributed by atoms with Crippen molar-refractivity contribution in [1.82, 2.24) is 4.98 Å². The average molecular weight is 279 g/mol. The third-order valence-corrected chi connectivity index (χ3v) is 4.19. The molecule has 0 atom stereocenters. The maximum atomic E-state index is 8.89. The standard InChI is InChI=1S/C18H21N3/c1-14-7-8-15-13-16(6-5-9-19)18(20-17(15)12-14)21-10-3-2-4-11-21/h7-8,12-13H,2-6,10-11H2,1H3. The summed E-state index contributed by atoms with van der Waals surface area (Å²) < 4.78 is 0. The maximum absolute atomic E-state index is 8.89. The van der Waals surface area contributed by atoms with Crippen molar-refractivity contribution in [3.05, 3.63) is 35.4 Å². The van der Waals surface area contributed by atoms with Crippen LogP contribution >= 0.6 is 0 Å². The Labute approximate surface area is 126 Å². The third-order valence-electron chi connectivity index (χ3n) is 4.19. The first-order chi connectivity index (χ1) is 10.3. The molecule has 0 radical (unpaired) electrons. The summed E-state index contributed by atoms with van der Waals surface area (Å²) in [5.41, 5.74) is 3.52. The molecule has 0 saturated carbocycles. The second-order valence-corrected chi connectivity index (χ2v) is 5.87. The molecule has 3 rings (SSSR count). The Morgan fingerprint density at radius 1 is 1.19 bits per heavy atom. The summed E-state index contributed by atoms with van der Waals surface area (Å²) in [6, 6.07) is 10.9. The molecule has 1 saturated heterocycles. The van der Waals surface area contributed by atoms with Gasteiger partial charge in [-0.3, -0.25) is 0 Å². The number of hydrogen-bond acceptors (Lipinski definition) is 3. The van der Waals surface area contributed by atoms with Crippen molar-refractivity contribution < 1.29 is 0 Å². The summed E-state index contributed by atoms with van der Waals surface area (Å²) in [7, 11) is 0. The number of benzene rings is 1. The van der Waals surface area contributed by atoms with Crippen LogP contribution in [0.2, 0.25) is 0 Å². The molecule has 1 aromatic carbocycles. The van der Waals surface area contributed by atoms with Crippen LogP contribution < -0.4 is 4.90 Å². The monoisotopic (exact) mass is 279 g/mol. The Balaban J connectivity index is 2.06. The van der Waals surface area contributed by atoms with Crippen molar-refractivity contribution in [3.63, 3.8) is 0 Å². The summed E-state index contributed by atoms with van der Waals surface area (Å²) in [6.07, 6.45) is 5.15. The number of nitrogens with zero attached hydrogens (tertiary/aromatic N) is 3. The second-order valence-electron chi connectivity index (χ2n) is 5.87. The van der Waals surface area contributed by atoms with E-state index < -0.39 is 0 Å². The highest BCUT2D eigenvalue weighted by atomic mass is 15.2. The first-order valence-corrected chi connectivity index (χ1v) is 7.80. The van der Waals surface area contributed by atoms with Gasteiger partial charge in [0.2, 0.25) is 0 Å². The lowest BCUT2D eigenvalue weighted by atomic mass is 10.0. The average Bonchev–Trinajstić information content (AvgIpc) is 2.53. The smallest absolute Gasteiger partial charge is 0.132 e. The van der Waals surface area contributed by atoms with E-state index in [1.54, 1.807) is 0 Å². The lowest BCUT2D eigenvalue weighted by Gasteiger charge is -2.29. The fourth-order valence-electron chi connectivity index (χ4n) is 3.06. The summed E-state index contributed by atoms with van der Waals surface area (Å²) in [5, 5.41) is 10.1. The number of aromatic nitrogens is 1. The Kier molecular flexibility index (Phi) is 4.06. The van der Waals surface area contributed by atoms with Gasteiger partial charge in [-0.2, -0.15) is 5.26 Å². The number of hydrogen-bond donors (Lipinski definition) is 0. The van der Waals surface area contributed by atoms with Crippen molar-refractivity contribution in [2.24, 2.45) is 0 Å². The number of anilines is 1. The molecule has 3 nitrogen and oxygen atoms in total. The highest BCUT2D eigenvalue weighted by molar-refractivity contribution is 5.82. The Morgan fingerprint density at radius 2 is 2.00 bits per heavy atom. The molecule has 0 spiro atoms. The number of piperidine rings is 1. The van der Waals surface area contributed by atoms with Crippen molar-refractivity contribution in [3.8, 4) is 6.07 Å². The van der Waals surface area contributed by atoms with Gasteiger partial charge in [0.05, 0.1) is 11.6 Å². The van der Waals surface area contributed by atoms with E-state index >= 15 is 0 Å². The molecule has 1 aromatic heterocycles. The van der Waals surface area contributed by atoms with E-state index in [0.29, 0.717) is 6.42 Å². The first-order valence-electron chi connectivity index (χ1n) is 7.80. The molecule has 2 heterocycles. The third kappa shape index (κ3) is 3.00. The summed E-state index contributed by atoms with van der Waals surface area (Å²) in [5.74, 6) is 1.10. The molecular formula is C18H21N3. The van der Waals surface area contributed by atoms with Crippen LogP contribution in [0.1, 0.15) is 36.8 Å². The SMILES string of the molecule is Cc1ccc2cc(CCC#N)c(N3CCCCC3)nc2c1. The van der Waals surface area contributed by atoms with Gasteiger partial charge in [-0.1, -0.05) is 12.1 Å². The molecule has 0 N–H and O–H groups in total. The van der Waals surface area contributed by atoms with Gasteiger partial charge in [0.25, 0.3) is 0 Å². The van der Waals surface area contributed by atoms with Crippen LogP contribution in [-0.4, -0.2) is 18.1 Å². The number of fused-ring (bicyclic) bond motifs is 1. The van der Waals surface area contributed by atoms with Crippen molar-refractivity contribution in [2.75, 3.05) is 18.0 Å². The molecule has 2 aromatic rings. The van der Waals surface area contributed by atoms with E-state index in [-0.39, 0.29) is 0 Å². The minimum atomic E-state index is 0.555. The van der Waals surface area contributed by atoms with Gasteiger partial charge in [-0.25, -0.2) is 4.98 Å². The van der Waals surface area contributed by atoms with Gasteiger partial charge in [0, 0.05) is 24.9 Å². The zero-order valence-electron chi connectivity index (χ0n) is 12.6. The quantitative estimate of drug-likeness (QED) is 0.853. The van der Waals surface area contributed by atoms with Crippen LogP contribution in [0.3, 0.4) is 0 Å². The number of nitriles is 1.